The van der Waals surface area contributed by atoms with Crippen molar-refractivity contribution in [2.45, 2.75) is 44.3 Å². The van der Waals surface area contributed by atoms with E-state index in [4.69, 9.17) is 11.6 Å². The summed E-state index contributed by atoms with van der Waals surface area (Å²) in [6.45, 7) is 0.628. The number of thiazole rings is 1. The van der Waals surface area contributed by atoms with E-state index in [0.29, 0.717) is 30.5 Å². The summed E-state index contributed by atoms with van der Waals surface area (Å²) in [7, 11) is 4.88. The number of carbonyl (C=O) groups excluding carboxylic acids is 4. The van der Waals surface area contributed by atoms with Crippen LogP contribution in [0.15, 0.2) is 23.3 Å². The molecule has 0 bridgehead atoms. The van der Waals surface area contributed by atoms with Gasteiger partial charge in [0.15, 0.2) is 10.5 Å². The average Bonchev–Trinajstić information content (AvgIpc) is 3.28. The summed E-state index contributed by atoms with van der Waals surface area (Å²) in [5.41, 5.74) is 0.548. The molecule has 1 fully saturated rings. The Labute approximate surface area is 233 Å². The third-order valence-corrected chi connectivity index (χ3v) is 8.13. The van der Waals surface area contributed by atoms with Gasteiger partial charge in [0.2, 0.25) is 5.91 Å². The molecule has 0 saturated heterocycles. The van der Waals surface area contributed by atoms with E-state index >= 15 is 0 Å². The van der Waals surface area contributed by atoms with E-state index in [9.17, 15) is 29.6 Å². The van der Waals surface area contributed by atoms with E-state index in [1.54, 1.807) is 21.1 Å². The van der Waals surface area contributed by atoms with Gasteiger partial charge in [-0.05, 0) is 31.4 Å². The van der Waals surface area contributed by atoms with Gasteiger partial charge in [-0.3, -0.25) is 19.2 Å². The fraction of sp³-hybridized carbons (Fsp3) is 0.500. The highest BCUT2D eigenvalue weighted by Crippen LogP contribution is 2.29. The number of nitrogens with zero attached hydrogens (tertiary/aromatic N) is 5. The normalized spacial score (nSPS) is 24.9. The lowest BCUT2D eigenvalue weighted by Crippen LogP contribution is -2.56. The number of fused-ring (bicyclic) bond motifs is 1. The number of hydrogen-bond acceptors (Lipinski definition) is 8. The predicted octanol–water partition coefficient (Wildman–Crippen LogP) is 0.435. The largest absolute Gasteiger partial charge is 0.633 e. The van der Waals surface area contributed by atoms with Gasteiger partial charge < -0.3 is 30.6 Å². The molecule has 1 aliphatic heterocycles. The van der Waals surface area contributed by atoms with E-state index in [1.165, 1.54) is 17.0 Å². The van der Waals surface area contributed by atoms with Crippen LogP contribution >= 0.6 is 22.9 Å². The molecule has 3 heterocycles. The summed E-state index contributed by atoms with van der Waals surface area (Å²) in [6, 6.07) is 1.35. The van der Waals surface area contributed by atoms with Crippen molar-refractivity contribution < 1.29 is 29.0 Å². The topological polar surface area (TPSA) is 169 Å². The molecule has 0 aromatic carbocycles. The first kappa shape index (κ1) is 28.7. The zero-order valence-corrected chi connectivity index (χ0v) is 23.3. The monoisotopic (exact) mass is 579 g/mol. The van der Waals surface area contributed by atoms with Crippen molar-refractivity contribution in [1.82, 2.24) is 25.2 Å². The summed E-state index contributed by atoms with van der Waals surface area (Å²) in [6.07, 6.45) is 2.61. The standard InChI is InChI=1S/C24H30ClN7O6S/c1-30(2)24(36)13-4-6-15(26-20(33)21(34)29-19-7-5-14(25)11-31(19)37)17(10-13)27-22(35)23-28-16-8-9-32(3,38)12-18(16)39-23/h5,7,11,13,15,17,37H,4,6,8-10,12H2,1-3H3,(H,26,33)(H,27,35)/t13-,15-,17+,32?/m0/s1. The van der Waals surface area contributed by atoms with Gasteiger partial charge in [-0.2, -0.15) is 9.72 Å². The molecule has 4 atom stereocenters. The van der Waals surface area contributed by atoms with Gasteiger partial charge in [0, 0.05) is 32.5 Å². The SMILES string of the molecule is CN(C)C(=O)[C@H]1CC[C@H](NC(=O)C(=O)N=c2ccc(Cl)cn2O)[C@H](NC(=O)c2nc3c(s2)C[N+](C)([O-])CC3)C1. The van der Waals surface area contributed by atoms with Crippen molar-refractivity contribution in [2.24, 2.45) is 10.9 Å². The molecule has 0 radical (unpaired) electrons. The predicted molar refractivity (Wildman–Crippen MR) is 140 cm³/mol. The van der Waals surface area contributed by atoms with Gasteiger partial charge >= 0.3 is 11.8 Å². The first-order valence-electron chi connectivity index (χ1n) is 12.4. The van der Waals surface area contributed by atoms with Crippen LogP contribution in [-0.2, 0) is 27.3 Å². The van der Waals surface area contributed by atoms with Crippen LogP contribution < -0.4 is 16.1 Å². The highest BCUT2D eigenvalue weighted by atomic mass is 35.5. The van der Waals surface area contributed by atoms with Crippen molar-refractivity contribution in [3.05, 3.63) is 49.6 Å². The molecule has 2 aliphatic rings. The van der Waals surface area contributed by atoms with Crippen LogP contribution in [0.2, 0.25) is 5.02 Å². The fourth-order valence-electron chi connectivity index (χ4n) is 4.78. The van der Waals surface area contributed by atoms with Crippen molar-refractivity contribution >= 4 is 46.6 Å². The number of halogens is 1. The third-order valence-electron chi connectivity index (χ3n) is 6.83. The number of nitrogens with one attached hydrogen (secondary N) is 2. The highest BCUT2D eigenvalue weighted by molar-refractivity contribution is 7.13. The molecule has 4 amide bonds. The number of hydrogen-bond donors (Lipinski definition) is 3. The maximum atomic E-state index is 13.2. The number of aromatic nitrogens is 2. The summed E-state index contributed by atoms with van der Waals surface area (Å²) >= 11 is 6.94. The molecule has 1 saturated carbocycles. The first-order valence-corrected chi connectivity index (χ1v) is 13.6. The molecular weight excluding hydrogens is 550 g/mol. The van der Waals surface area contributed by atoms with E-state index < -0.39 is 34.5 Å². The minimum absolute atomic E-state index is 0.0995. The smallest absolute Gasteiger partial charge is 0.337 e. The van der Waals surface area contributed by atoms with Gasteiger partial charge in [-0.1, -0.05) is 11.6 Å². The van der Waals surface area contributed by atoms with Crippen molar-refractivity contribution in [3.8, 4) is 0 Å². The van der Waals surface area contributed by atoms with Crippen LogP contribution in [0.4, 0.5) is 0 Å². The Kier molecular flexibility index (Phi) is 8.39. The zero-order valence-electron chi connectivity index (χ0n) is 21.7. The summed E-state index contributed by atoms with van der Waals surface area (Å²) in [5.74, 6) is -3.14. The zero-order chi connectivity index (χ0) is 28.5. The van der Waals surface area contributed by atoms with Crippen LogP contribution in [0.25, 0.3) is 0 Å². The Morgan fingerprint density at radius 3 is 2.67 bits per heavy atom. The number of carbonyl (C=O) groups is 4. The van der Waals surface area contributed by atoms with E-state index in [-0.39, 0.29) is 40.3 Å². The average molecular weight is 580 g/mol. The molecule has 15 heteroatoms. The number of amides is 4. The van der Waals surface area contributed by atoms with Crippen LogP contribution in [0.3, 0.4) is 0 Å². The second-order valence-corrected chi connectivity index (χ2v) is 11.7. The molecule has 4 rings (SSSR count). The second-order valence-electron chi connectivity index (χ2n) is 10.2. The Morgan fingerprint density at radius 2 is 1.97 bits per heavy atom. The number of likely N-dealkylation sites (N-methyl/N-ethyl adjacent to an activating group) is 1. The van der Waals surface area contributed by atoms with Gasteiger partial charge in [0.25, 0.3) is 5.91 Å². The Morgan fingerprint density at radius 1 is 1.23 bits per heavy atom. The fourth-order valence-corrected chi connectivity index (χ4v) is 6.08. The van der Waals surface area contributed by atoms with Gasteiger partial charge in [-0.15, -0.1) is 11.3 Å². The lowest BCUT2D eigenvalue weighted by atomic mass is 9.81. The van der Waals surface area contributed by atoms with E-state index in [1.807, 2.05) is 0 Å². The molecule has 13 nitrogen and oxygen atoms in total. The second kappa shape index (κ2) is 11.4. The van der Waals surface area contributed by atoms with Gasteiger partial charge in [0.05, 0.1) is 41.4 Å². The molecule has 1 aliphatic carbocycles. The van der Waals surface area contributed by atoms with Crippen LogP contribution in [-0.4, -0.2) is 87.9 Å². The number of hydroxylamine groups is 3. The minimum atomic E-state index is -1.15. The maximum Gasteiger partial charge on any atom is 0.337 e. The molecule has 0 spiro atoms. The summed E-state index contributed by atoms with van der Waals surface area (Å²) in [4.78, 5) is 61.4. The Hall–Kier alpha value is -3.33. The number of rotatable bonds is 4. The molecular formula is C24H30ClN7O6S. The molecule has 3 N–H and O–H groups in total. The van der Waals surface area contributed by atoms with Crippen LogP contribution in [0.1, 0.15) is 39.6 Å². The van der Waals surface area contributed by atoms with Gasteiger partial charge in [0.1, 0.15) is 6.54 Å². The van der Waals surface area contributed by atoms with E-state index in [2.05, 4.69) is 20.6 Å². The van der Waals surface area contributed by atoms with Gasteiger partial charge in [-0.25, -0.2) is 4.98 Å². The van der Waals surface area contributed by atoms with Crippen LogP contribution in [0.5, 0.6) is 0 Å². The lowest BCUT2D eigenvalue weighted by Gasteiger charge is -2.40. The molecule has 1 unspecified atom stereocenters. The maximum absolute atomic E-state index is 13.2. The molecule has 210 valence electrons. The minimum Gasteiger partial charge on any atom is -0.633 e. The van der Waals surface area contributed by atoms with Crippen molar-refractivity contribution in [3.63, 3.8) is 0 Å². The van der Waals surface area contributed by atoms with Crippen molar-refractivity contribution in [2.75, 3.05) is 27.7 Å². The number of pyridine rings is 1. The highest BCUT2D eigenvalue weighted by Gasteiger charge is 2.38. The Bertz CT molecular complexity index is 1370. The Balaban J connectivity index is 1.51. The molecule has 2 aromatic heterocycles. The molecule has 39 heavy (non-hydrogen) atoms. The summed E-state index contributed by atoms with van der Waals surface area (Å²) in [5, 5.41) is 28.1. The quantitative estimate of drug-likeness (QED) is 0.204. The van der Waals surface area contributed by atoms with Crippen LogP contribution in [0, 0.1) is 11.1 Å². The summed E-state index contributed by atoms with van der Waals surface area (Å²) < 4.78 is 0.100. The van der Waals surface area contributed by atoms with E-state index in [0.717, 1.165) is 28.1 Å². The number of quaternary nitrogens is 1. The van der Waals surface area contributed by atoms with Crippen molar-refractivity contribution in [1.29, 1.82) is 0 Å². The molecule has 2 aromatic rings. The lowest BCUT2D eigenvalue weighted by molar-refractivity contribution is -0.876. The third kappa shape index (κ3) is 6.82. The first-order chi connectivity index (χ1) is 18.3.